The van der Waals surface area contributed by atoms with E-state index in [-0.39, 0.29) is 5.17 Å². The number of oxime groups is 1. The molecule has 1 aromatic rings. The minimum absolute atomic E-state index is 0.119. The van der Waals surface area contributed by atoms with Crippen molar-refractivity contribution < 1.29 is 9.77 Å². The summed E-state index contributed by atoms with van der Waals surface area (Å²) in [5.41, 5.74) is 0.730. The maximum atomic E-state index is 8.52. The predicted octanol–water partition coefficient (Wildman–Crippen LogP) is 1.76. The highest BCUT2D eigenvalue weighted by atomic mass is 35.5. The molecule has 1 aromatic heterocycles. The average molecular weight is 200 g/mol. The molecule has 0 bridgehead atoms. The first-order valence-corrected chi connectivity index (χ1v) is 4.53. The zero-order valence-corrected chi connectivity index (χ0v) is 8.20. The average Bonchev–Trinajstić information content (AvgIpc) is 2.18. The Morgan fingerprint density at radius 3 is 3.00 bits per heavy atom. The van der Waals surface area contributed by atoms with Gasteiger partial charge in [-0.15, -0.1) is 0 Å². The molecule has 0 atom stereocenters. The number of aromatic nitrogens is 1. The van der Waals surface area contributed by atoms with Crippen LogP contribution in [0, 0.1) is 0 Å². The third-order valence-corrected chi connectivity index (χ3v) is 1.97. The third-order valence-electron chi connectivity index (χ3n) is 1.70. The SMILES string of the molecule is CCC[n+]1ccccc1C(Cl)=NO. The zero-order valence-electron chi connectivity index (χ0n) is 7.44. The molecule has 0 aromatic carbocycles. The van der Waals surface area contributed by atoms with Gasteiger partial charge in [0.1, 0.15) is 6.54 Å². The highest BCUT2D eigenvalue weighted by molar-refractivity contribution is 6.68. The molecule has 0 aliphatic rings. The number of rotatable bonds is 3. The van der Waals surface area contributed by atoms with Crippen molar-refractivity contribution in [2.24, 2.45) is 5.16 Å². The monoisotopic (exact) mass is 199 g/mol. The summed E-state index contributed by atoms with van der Waals surface area (Å²) in [6, 6.07) is 5.59. The second-order valence-corrected chi connectivity index (χ2v) is 3.03. The molecule has 0 amide bonds. The maximum Gasteiger partial charge on any atom is 0.246 e. The molecule has 13 heavy (non-hydrogen) atoms. The Hall–Kier alpha value is -1.09. The molecule has 1 N–H and O–H groups in total. The number of hydrogen-bond donors (Lipinski definition) is 1. The van der Waals surface area contributed by atoms with Crippen molar-refractivity contribution in [2.45, 2.75) is 19.9 Å². The number of aryl methyl sites for hydroxylation is 1. The van der Waals surface area contributed by atoms with Gasteiger partial charge >= 0.3 is 0 Å². The molecule has 0 aliphatic carbocycles. The summed E-state index contributed by atoms with van der Waals surface area (Å²) in [6.07, 6.45) is 2.92. The van der Waals surface area contributed by atoms with Crippen molar-refractivity contribution in [3.05, 3.63) is 30.1 Å². The molecule has 0 spiro atoms. The number of hydrogen-bond acceptors (Lipinski definition) is 2. The molecule has 0 radical (unpaired) electrons. The first kappa shape index (κ1) is 9.99. The van der Waals surface area contributed by atoms with Gasteiger partial charge in [-0.2, -0.15) is 4.57 Å². The van der Waals surface area contributed by atoms with E-state index in [1.54, 1.807) is 0 Å². The Morgan fingerprint density at radius 1 is 1.62 bits per heavy atom. The van der Waals surface area contributed by atoms with Gasteiger partial charge in [0.15, 0.2) is 6.20 Å². The van der Waals surface area contributed by atoms with E-state index < -0.39 is 0 Å². The largest absolute Gasteiger partial charge is 0.409 e. The molecule has 0 fully saturated rings. The Kier molecular flexibility index (Phi) is 3.71. The van der Waals surface area contributed by atoms with Gasteiger partial charge < -0.3 is 5.21 Å². The first-order chi connectivity index (χ1) is 6.29. The quantitative estimate of drug-likeness (QED) is 0.343. The van der Waals surface area contributed by atoms with Crippen molar-refractivity contribution in [3.63, 3.8) is 0 Å². The Morgan fingerprint density at radius 2 is 2.38 bits per heavy atom. The van der Waals surface area contributed by atoms with Crippen LogP contribution in [0.5, 0.6) is 0 Å². The second-order valence-electron chi connectivity index (χ2n) is 2.67. The topological polar surface area (TPSA) is 36.5 Å². The van der Waals surface area contributed by atoms with Crippen LogP contribution in [-0.2, 0) is 6.54 Å². The van der Waals surface area contributed by atoms with Crippen LogP contribution in [0.4, 0.5) is 0 Å². The Balaban J connectivity index is 3.04. The maximum absolute atomic E-state index is 8.52. The zero-order chi connectivity index (χ0) is 9.68. The molecular weight excluding hydrogens is 188 g/mol. The summed E-state index contributed by atoms with van der Waals surface area (Å²) >= 11 is 5.71. The molecule has 4 heteroatoms. The Bertz CT molecular complexity index is 312. The van der Waals surface area contributed by atoms with Crippen molar-refractivity contribution in [1.29, 1.82) is 0 Å². The van der Waals surface area contributed by atoms with Crippen LogP contribution >= 0.6 is 11.6 Å². The van der Waals surface area contributed by atoms with Crippen LogP contribution < -0.4 is 4.57 Å². The van der Waals surface area contributed by atoms with E-state index in [1.807, 2.05) is 29.0 Å². The lowest BCUT2D eigenvalue weighted by molar-refractivity contribution is -0.698. The lowest BCUT2D eigenvalue weighted by atomic mass is 10.3. The van der Waals surface area contributed by atoms with Gasteiger partial charge in [-0.25, -0.2) is 0 Å². The Labute approximate surface area is 82.3 Å². The van der Waals surface area contributed by atoms with Gasteiger partial charge in [-0.3, -0.25) is 0 Å². The van der Waals surface area contributed by atoms with E-state index in [1.165, 1.54) is 0 Å². The van der Waals surface area contributed by atoms with Crippen molar-refractivity contribution in [2.75, 3.05) is 0 Å². The van der Waals surface area contributed by atoms with E-state index in [2.05, 4.69) is 12.1 Å². The molecule has 1 heterocycles. The first-order valence-electron chi connectivity index (χ1n) is 4.16. The fourth-order valence-corrected chi connectivity index (χ4v) is 1.32. The highest BCUT2D eigenvalue weighted by Crippen LogP contribution is 1.99. The van der Waals surface area contributed by atoms with Crippen molar-refractivity contribution >= 4 is 16.8 Å². The molecule has 1 rings (SSSR count). The molecular formula is C9H12ClN2O+. The summed E-state index contributed by atoms with van der Waals surface area (Å²) in [5.74, 6) is 0. The second kappa shape index (κ2) is 4.82. The van der Waals surface area contributed by atoms with Gasteiger partial charge in [0.05, 0.1) is 0 Å². The van der Waals surface area contributed by atoms with Gasteiger partial charge in [0, 0.05) is 18.6 Å². The summed E-state index contributed by atoms with van der Waals surface area (Å²) in [7, 11) is 0. The van der Waals surface area contributed by atoms with Gasteiger partial charge in [0.2, 0.25) is 10.9 Å². The summed E-state index contributed by atoms with van der Waals surface area (Å²) < 4.78 is 1.95. The lowest BCUT2D eigenvalue weighted by Gasteiger charge is -1.98. The smallest absolute Gasteiger partial charge is 0.246 e. The van der Waals surface area contributed by atoms with Crippen LogP contribution in [0.3, 0.4) is 0 Å². The minimum atomic E-state index is 0.119. The van der Waals surface area contributed by atoms with Crippen LogP contribution in [-0.4, -0.2) is 10.4 Å². The van der Waals surface area contributed by atoms with E-state index in [9.17, 15) is 0 Å². The lowest BCUT2D eigenvalue weighted by Crippen LogP contribution is -2.39. The fraction of sp³-hybridized carbons (Fsp3) is 0.333. The standard InChI is InChI=1S/C9H11ClN2O/c1-2-6-12-7-4-3-5-8(12)9(10)11-13/h3-5,7H,2,6H2,1H3/p+1. The summed E-state index contributed by atoms with van der Waals surface area (Å²) in [6.45, 7) is 2.94. The fourth-order valence-electron chi connectivity index (χ4n) is 1.15. The predicted molar refractivity (Wildman–Crippen MR) is 51.1 cm³/mol. The molecule has 70 valence electrons. The molecule has 0 aliphatic heterocycles. The van der Waals surface area contributed by atoms with E-state index in [4.69, 9.17) is 16.8 Å². The summed E-state index contributed by atoms with van der Waals surface area (Å²) in [4.78, 5) is 0. The van der Waals surface area contributed by atoms with E-state index in [0.29, 0.717) is 0 Å². The number of pyridine rings is 1. The summed E-state index contributed by atoms with van der Waals surface area (Å²) in [5, 5.41) is 11.6. The van der Waals surface area contributed by atoms with E-state index in [0.717, 1.165) is 18.7 Å². The molecule has 0 saturated carbocycles. The van der Waals surface area contributed by atoms with Crippen LogP contribution in [0.1, 0.15) is 19.0 Å². The van der Waals surface area contributed by atoms with Gasteiger partial charge in [0.25, 0.3) is 0 Å². The third kappa shape index (κ3) is 2.42. The minimum Gasteiger partial charge on any atom is -0.409 e. The highest BCUT2D eigenvalue weighted by Gasteiger charge is 2.13. The molecule has 3 nitrogen and oxygen atoms in total. The molecule has 0 saturated heterocycles. The number of halogens is 1. The van der Waals surface area contributed by atoms with Crippen LogP contribution in [0.2, 0.25) is 0 Å². The number of nitrogens with zero attached hydrogens (tertiary/aromatic N) is 2. The van der Waals surface area contributed by atoms with Crippen LogP contribution in [0.25, 0.3) is 0 Å². The molecule has 0 unspecified atom stereocenters. The van der Waals surface area contributed by atoms with Gasteiger partial charge in [-0.05, 0) is 6.07 Å². The van der Waals surface area contributed by atoms with E-state index >= 15 is 0 Å². The normalized spacial score (nSPS) is 11.7. The van der Waals surface area contributed by atoms with Gasteiger partial charge in [-0.1, -0.05) is 23.7 Å². The van der Waals surface area contributed by atoms with Crippen LogP contribution in [0.15, 0.2) is 29.6 Å². The van der Waals surface area contributed by atoms with Crippen molar-refractivity contribution in [1.82, 2.24) is 0 Å². The van der Waals surface area contributed by atoms with Crippen molar-refractivity contribution in [3.8, 4) is 0 Å².